The highest BCUT2D eigenvalue weighted by Gasteiger charge is 2.28. The first-order chi connectivity index (χ1) is 8.56. The SMILES string of the molecule is Cc1ccc(CN2C[C@H](C(N)=O)CC[C@H]2C)cc1. The smallest absolute Gasteiger partial charge is 0.221 e. The van der Waals surface area contributed by atoms with E-state index in [1.54, 1.807) is 0 Å². The monoisotopic (exact) mass is 246 g/mol. The minimum absolute atomic E-state index is 0.0200. The normalized spacial score (nSPS) is 25.0. The molecule has 2 rings (SSSR count). The Kier molecular flexibility index (Phi) is 4.02. The van der Waals surface area contributed by atoms with Gasteiger partial charge in [-0.1, -0.05) is 29.8 Å². The summed E-state index contributed by atoms with van der Waals surface area (Å²) in [6.07, 6.45) is 1.99. The number of carbonyl (C=O) groups is 1. The molecule has 18 heavy (non-hydrogen) atoms. The number of likely N-dealkylation sites (tertiary alicyclic amines) is 1. The third-order valence-electron chi connectivity index (χ3n) is 3.92. The molecule has 3 nitrogen and oxygen atoms in total. The molecule has 2 atom stereocenters. The number of benzene rings is 1. The number of nitrogens with two attached hydrogens (primary N) is 1. The molecule has 0 aromatic heterocycles. The minimum atomic E-state index is -0.157. The summed E-state index contributed by atoms with van der Waals surface area (Å²) in [5, 5.41) is 0. The van der Waals surface area contributed by atoms with Gasteiger partial charge < -0.3 is 5.73 Å². The highest BCUT2D eigenvalue weighted by Crippen LogP contribution is 2.23. The molecule has 0 unspecified atom stereocenters. The third kappa shape index (κ3) is 3.10. The molecule has 1 heterocycles. The Morgan fingerprint density at radius 3 is 2.61 bits per heavy atom. The number of hydrogen-bond acceptors (Lipinski definition) is 2. The topological polar surface area (TPSA) is 46.3 Å². The van der Waals surface area contributed by atoms with Gasteiger partial charge in [-0.15, -0.1) is 0 Å². The molecule has 3 heteroatoms. The van der Waals surface area contributed by atoms with Crippen LogP contribution in [0.5, 0.6) is 0 Å². The summed E-state index contributed by atoms with van der Waals surface area (Å²) in [5.41, 5.74) is 8.00. The number of piperidine rings is 1. The molecule has 1 saturated heterocycles. The van der Waals surface area contributed by atoms with Crippen LogP contribution in [-0.2, 0) is 11.3 Å². The summed E-state index contributed by atoms with van der Waals surface area (Å²) in [5.74, 6) is -0.137. The molecule has 1 aliphatic heterocycles. The van der Waals surface area contributed by atoms with Crippen LogP contribution in [0.25, 0.3) is 0 Å². The molecule has 0 saturated carbocycles. The number of nitrogens with zero attached hydrogens (tertiary/aromatic N) is 1. The molecule has 0 radical (unpaired) electrons. The number of primary amides is 1. The summed E-state index contributed by atoms with van der Waals surface area (Å²) < 4.78 is 0. The quantitative estimate of drug-likeness (QED) is 0.887. The van der Waals surface area contributed by atoms with Crippen LogP contribution < -0.4 is 5.73 Å². The van der Waals surface area contributed by atoms with E-state index in [-0.39, 0.29) is 11.8 Å². The maximum Gasteiger partial charge on any atom is 0.221 e. The van der Waals surface area contributed by atoms with Gasteiger partial charge in [0.05, 0.1) is 5.92 Å². The fourth-order valence-electron chi connectivity index (χ4n) is 2.56. The van der Waals surface area contributed by atoms with Crippen LogP contribution in [-0.4, -0.2) is 23.4 Å². The summed E-state index contributed by atoms with van der Waals surface area (Å²) in [7, 11) is 0. The average Bonchev–Trinajstić information content (AvgIpc) is 2.34. The van der Waals surface area contributed by atoms with Crippen LogP contribution >= 0.6 is 0 Å². The van der Waals surface area contributed by atoms with E-state index in [0.717, 1.165) is 25.9 Å². The van der Waals surface area contributed by atoms with E-state index in [1.165, 1.54) is 11.1 Å². The molecule has 2 N–H and O–H groups in total. The molecule has 1 fully saturated rings. The van der Waals surface area contributed by atoms with Crippen molar-refractivity contribution in [2.45, 2.75) is 39.3 Å². The molecule has 0 spiro atoms. The van der Waals surface area contributed by atoms with Crippen LogP contribution in [0.2, 0.25) is 0 Å². The van der Waals surface area contributed by atoms with Gasteiger partial charge in [0.15, 0.2) is 0 Å². The fraction of sp³-hybridized carbons (Fsp3) is 0.533. The first-order valence-corrected chi connectivity index (χ1v) is 6.65. The molecule has 1 aliphatic rings. The lowest BCUT2D eigenvalue weighted by atomic mass is 9.92. The zero-order valence-corrected chi connectivity index (χ0v) is 11.2. The third-order valence-corrected chi connectivity index (χ3v) is 3.92. The molecular formula is C15H22N2O. The van der Waals surface area contributed by atoms with Crippen LogP contribution in [0.4, 0.5) is 0 Å². The molecular weight excluding hydrogens is 224 g/mol. The Bertz CT molecular complexity index is 413. The first-order valence-electron chi connectivity index (χ1n) is 6.65. The van der Waals surface area contributed by atoms with Crippen molar-refractivity contribution in [3.8, 4) is 0 Å². The number of carbonyl (C=O) groups excluding carboxylic acids is 1. The highest BCUT2D eigenvalue weighted by atomic mass is 16.1. The van der Waals surface area contributed by atoms with Gasteiger partial charge in [0.1, 0.15) is 0 Å². The van der Waals surface area contributed by atoms with Gasteiger partial charge >= 0.3 is 0 Å². The Morgan fingerprint density at radius 2 is 2.00 bits per heavy atom. The Balaban J connectivity index is 2.02. The fourth-order valence-corrected chi connectivity index (χ4v) is 2.56. The maximum absolute atomic E-state index is 11.3. The van der Waals surface area contributed by atoms with Gasteiger partial charge in [-0.25, -0.2) is 0 Å². The van der Waals surface area contributed by atoms with Gasteiger partial charge in [0, 0.05) is 19.1 Å². The Morgan fingerprint density at radius 1 is 1.33 bits per heavy atom. The van der Waals surface area contributed by atoms with Crippen LogP contribution in [0.3, 0.4) is 0 Å². The van der Waals surface area contributed by atoms with Crippen molar-refractivity contribution in [2.24, 2.45) is 11.7 Å². The first kappa shape index (κ1) is 13.1. The maximum atomic E-state index is 11.3. The lowest BCUT2D eigenvalue weighted by Gasteiger charge is -2.36. The highest BCUT2D eigenvalue weighted by molar-refractivity contribution is 5.76. The minimum Gasteiger partial charge on any atom is -0.369 e. The second-order valence-corrected chi connectivity index (χ2v) is 5.44. The van der Waals surface area contributed by atoms with E-state index in [9.17, 15) is 4.79 Å². The van der Waals surface area contributed by atoms with Crippen molar-refractivity contribution in [3.63, 3.8) is 0 Å². The van der Waals surface area contributed by atoms with Crippen LogP contribution in [0.1, 0.15) is 30.9 Å². The van der Waals surface area contributed by atoms with E-state index in [2.05, 4.69) is 43.0 Å². The van der Waals surface area contributed by atoms with Crippen molar-refractivity contribution >= 4 is 5.91 Å². The summed E-state index contributed by atoms with van der Waals surface area (Å²) >= 11 is 0. The molecule has 1 aromatic rings. The lowest BCUT2D eigenvalue weighted by molar-refractivity contribution is -0.124. The molecule has 1 aromatic carbocycles. The second kappa shape index (κ2) is 5.53. The predicted molar refractivity (Wildman–Crippen MR) is 73.0 cm³/mol. The predicted octanol–water partition coefficient (Wildman–Crippen LogP) is 2.08. The van der Waals surface area contributed by atoms with Gasteiger partial charge in [-0.05, 0) is 32.3 Å². The molecule has 98 valence electrons. The molecule has 0 aliphatic carbocycles. The van der Waals surface area contributed by atoms with Crippen molar-refractivity contribution in [2.75, 3.05) is 6.54 Å². The van der Waals surface area contributed by atoms with Crippen LogP contribution in [0, 0.1) is 12.8 Å². The van der Waals surface area contributed by atoms with Crippen LogP contribution in [0.15, 0.2) is 24.3 Å². The van der Waals surface area contributed by atoms with Gasteiger partial charge in [0.2, 0.25) is 5.91 Å². The van der Waals surface area contributed by atoms with E-state index in [4.69, 9.17) is 5.73 Å². The summed E-state index contributed by atoms with van der Waals surface area (Å²) in [6, 6.07) is 9.12. The van der Waals surface area contributed by atoms with Gasteiger partial charge in [0.25, 0.3) is 0 Å². The van der Waals surface area contributed by atoms with Crippen molar-refractivity contribution in [1.29, 1.82) is 0 Å². The van der Waals surface area contributed by atoms with Crippen molar-refractivity contribution < 1.29 is 4.79 Å². The second-order valence-electron chi connectivity index (χ2n) is 5.44. The Hall–Kier alpha value is -1.35. The van der Waals surface area contributed by atoms with E-state index >= 15 is 0 Å². The number of hydrogen-bond donors (Lipinski definition) is 1. The van der Waals surface area contributed by atoms with Crippen molar-refractivity contribution in [3.05, 3.63) is 35.4 Å². The largest absolute Gasteiger partial charge is 0.369 e. The van der Waals surface area contributed by atoms with E-state index in [0.29, 0.717) is 6.04 Å². The number of aryl methyl sites for hydroxylation is 1. The average molecular weight is 246 g/mol. The standard InChI is InChI=1S/C15H22N2O/c1-11-3-6-13(7-4-11)9-17-10-14(15(16)18)8-5-12(17)2/h3-4,6-7,12,14H,5,8-10H2,1-2H3,(H2,16,18)/t12-,14-/m1/s1. The van der Waals surface area contributed by atoms with Gasteiger partial charge in [-0.3, -0.25) is 9.69 Å². The summed E-state index contributed by atoms with van der Waals surface area (Å²) in [4.78, 5) is 13.7. The van der Waals surface area contributed by atoms with Crippen molar-refractivity contribution in [1.82, 2.24) is 4.90 Å². The van der Waals surface area contributed by atoms with Gasteiger partial charge in [-0.2, -0.15) is 0 Å². The molecule has 1 amide bonds. The van der Waals surface area contributed by atoms with E-state index in [1.807, 2.05) is 0 Å². The summed E-state index contributed by atoms with van der Waals surface area (Å²) in [6.45, 7) is 6.03. The van der Waals surface area contributed by atoms with E-state index < -0.39 is 0 Å². The molecule has 0 bridgehead atoms. The number of amides is 1. The number of rotatable bonds is 3. The zero-order chi connectivity index (χ0) is 13.1. The zero-order valence-electron chi connectivity index (χ0n) is 11.2. The lowest BCUT2D eigenvalue weighted by Crippen LogP contribution is -2.45. The Labute approximate surface area is 109 Å².